The Balaban J connectivity index is 1.46. The third-order valence-electron chi connectivity index (χ3n) is 4.99. The number of ether oxygens (including phenoxy) is 1. The van der Waals surface area contributed by atoms with Crippen LogP contribution in [0.15, 0.2) is 54.7 Å². The number of nitrogens with one attached hydrogen (secondary N) is 3. The topological polar surface area (TPSA) is 113 Å². The summed E-state index contributed by atoms with van der Waals surface area (Å²) in [6, 6.07) is 12.6. The van der Waals surface area contributed by atoms with Gasteiger partial charge in [-0.3, -0.25) is 10.1 Å². The second-order valence-electron chi connectivity index (χ2n) is 7.59. The van der Waals surface area contributed by atoms with Crippen molar-refractivity contribution in [3.05, 3.63) is 71.9 Å². The number of anilines is 1. The van der Waals surface area contributed by atoms with Gasteiger partial charge in [-0.1, -0.05) is 36.4 Å². The Kier molecular flexibility index (Phi) is 9.24. The number of carbonyl (C=O) groups is 2. The number of rotatable bonds is 11. The van der Waals surface area contributed by atoms with E-state index in [0.717, 1.165) is 16.8 Å². The fraction of sp³-hybridized carbons (Fsp3) is 0.292. The highest BCUT2D eigenvalue weighted by Gasteiger charge is 2.16. The number of amides is 2. The van der Waals surface area contributed by atoms with Gasteiger partial charge >= 0.3 is 6.09 Å². The molecule has 1 heterocycles. The van der Waals surface area contributed by atoms with Gasteiger partial charge in [0.1, 0.15) is 12.4 Å². The lowest BCUT2D eigenvalue weighted by atomic mass is 10.1. The maximum absolute atomic E-state index is 13.7. The average Bonchev–Trinajstić information content (AvgIpc) is 2.83. The number of nitrogens with zero attached hydrogens (tertiary/aromatic N) is 1. The second kappa shape index (κ2) is 12.6. The molecule has 3 aromatic rings. The first kappa shape index (κ1) is 25.0. The van der Waals surface area contributed by atoms with E-state index in [4.69, 9.17) is 9.84 Å². The van der Waals surface area contributed by atoms with Gasteiger partial charge in [0.15, 0.2) is 11.6 Å². The van der Waals surface area contributed by atoms with Crippen molar-refractivity contribution in [2.45, 2.75) is 25.4 Å². The van der Waals surface area contributed by atoms with Crippen molar-refractivity contribution < 1.29 is 28.2 Å². The van der Waals surface area contributed by atoms with Crippen LogP contribution in [0.2, 0.25) is 0 Å². The molecule has 0 unspecified atom stereocenters. The van der Waals surface area contributed by atoms with Gasteiger partial charge in [-0.25, -0.2) is 18.6 Å². The van der Waals surface area contributed by atoms with E-state index in [0.29, 0.717) is 18.7 Å². The summed E-state index contributed by atoms with van der Waals surface area (Å²) in [5.41, 5.74) is 0.104. The number of carbonyl (C=O) groups excluding carboxylic acids is 2. The average molecular weight is 472 g/mol. The Morgan fingerprint density at radius 3 is 2.68 bits per heavy atom. The number of aromatic nitrogens is 1. The van der Waals surface area contributed by atoms with Gasteiger partial charge in [-0.2, -0.15) is 0 Å². The van der Waals surface area contributed by atoms with Crippen LogP contribution in [0.4, 0.5) is 19.4 Å². The van der Waals surface area contributed by atoms with E-state index in [1.807, 2.05) is 24.3 Å². The lowest BCUT2D eigenvalue weighted by Gasteiger charge is -2.19. The van der Waals surface area contributed by atoms with Crippen LogP contribution in [-0.2, 0) is 16.1 Å². The van der Waals surface area contributed by atoms with Crippen molar-refractivity contribution in [2.75, 3.05) is 25.1 Å². The van der Waals surface area contributed by atoms with Crippen LogP contribution in [0.1, 0.15) is 18.4 Å². The summed E-state index contributed by atoms with van der Waals surface area (Å²) in [6.45, 7) is -0.394. The Morgan fingerprint density at radius 1 is 1.09 bits per heavy atom. The Bertz CT molecular complexity index is 1130. The molecule has 180 valence electrons. The lowest BCUT2D eigenvalue weighted by molar-refractivity contribution is -0.121. The van der Waals surface area contributed by atoms with E-state index >= 15 is 0 Å². The monoisotopic (exact) mass is 472 g/mol. The summed E-state index contributed by atoms with van der Waals surface area (Å²) in [5.74, 6) is -2.01. The van der Waals surface area contributed by atoms with Crippen LogP contribution in [-0.4, -0.2) is 47.9 Å². The lowest BCUT2D eigenvalue weighted by Crippen LogP contribution is -2.43. The third-order valence-corrected chi connectivity index (χ3v) is 4.99. The fourth-order valence-electron chi connectivity index (χ4n) is 3.28. The number of aliphatic hydroxyl groups is 1. The second-order valence-corrected chi connectivity index (χ2v) is 7.59. The Labute approximate surface area is 195 Å². The highest BCUT2D eigenvalue weighted by molar-refractivity contribution is 5.89. The van der Waals surface area contributed by atoms with Crippen LogP contribution in [0.25, 0.3) is 10.8 Å². The van der Waals surface area contributed by atoms with Crippen LogP contribution in [0.3, 0.4) is 0 Å². The summed E-state index contributed by atoms with van der Waals surface area (Å²) in [5, 5.41) is 18.9. The molecule has 0 radical (unpaired) electrons. The first-order valence-corrected chi connectivity index (χ1v) is 10.8. The summed E-state index contributed by atoms with van der Waals surface area (Å²) in [6.07, 6.45) is 1.68. The van der Waals surface area contributed by atoms with Crippen LogP contribution in [0, 0.1) is 11.6 Å². The molecule has 0 spiro atoms. The zero-order valence-corrected chi connectivity index (χ0v) is 18.4. The van der Waals surface area contributed by atoms with E-state index in [1.165, 1.54) is 12.1 Å². The SMILES string of the molecule is O=C(CNCc1cccc(F)c1F)N[C@@H](CCCO)COC(=O)Nc1cc2ccccc2cn1. The predicted octanol–water partition coefficient (Wildman–Crippen LogP) is 3.11. The first-order chi connectivity index (χ1) is 16.5. The number of aliphatic hydroxyl groups excluding tert-OH is 1. The van der Waals surface area contributed by atoms with Crippen LogP contribution in [0.5, 0.6) is 0 Å². The van der Waals surface area contributed by atoms with Crippen molar-refractivity contribution in [1.82, 2.24) is 15.6 Å². The Morgan fingerprint density at radius 2 is 1.88 bits per heavy atom. The number of hydrogen-bond acceptors (Lipinski definition) is 6. The molecule has 8 nitrogen and oxygen atoms in total. The van der Waals surface area contributed by atoms with Gasteiger partial charge in [0, 0.05) is 30.3 Å². The van der Waals surface area contributed by atoms with Crippen molar-refractivity contribution in [2.24, 2.45) is 0 Å². The molecule has 2 aromatic carbocycles. The third kappa shape index (κ3) is 7.46. The number of halogens is 2. The van der Waals surface area contributed by atoms with E-state index in [2.05, 4.69) is 20.9 Å². The van der Waals surface area contributed by atoms with E-state index in [-0.39, 0.29) is 31.9 Å². The number of benzene rings is 2. The number of pyridine rings is 1. The molecule has 34 heavy (non-hydrogen) atoms. The minimum absolute atomic E-state index is 0.0318. The zero-order valence-electron chi connectivity index (χ0n) is 18.4. The molecule has 3 rings (SSSR count). The molecule has 1 aromatic heterocycles. The smallest absolute Gasteiger partial charge is 0.412 e. The molecule has 0 saturated carbocycles. The summed E-state index contributed by atoms with van der Waals surface area (Å²) >= 11 is 0. The molecule has 0 aliphatic rings. The maximum Gasteiger partial charge on any atom is 0.412 e. The van der Waals surface area contributed by atoms with Crippen molar-refractivity contribution >= 4 is 28.6 Å². The van der Waals surface area contributed by atoms with E-state index in [9.17, 15) is 18.4 Å². The van der Waals surface area contributed by atoms with Crippen LogP contribution < -0.4 is 16.0 Å². The quantitative estimate of drug-likeness (QED) is 0.341. The first-order valence-electron chi connectivity index (χ1n) is 10.8. The molecule has 0 aliphatic heterocycles. The largest absolute Gasteiger partial charge is 0.447 e. The van der Waals surface area contributed by atoms with E-state index in [1.54, 1.807) is 12.3 Å². The molecule has 1 atom stereocenters. The standard InChI is InChI=1S/C24H26F2N4O4/c25-20-9-3-7-18(23(20)26)12-27-14-22(32)29-19(8-4-10-31)15-34-24(33)30-21-11-16-5-1-2-6-17(16)13-28-21/h1-3,5-7,9,11,13,19,27,31H,4,8,10,12,14-15H2,(H,29,32)(H,28,30,33)/t19-/m0/s1. The van der Waals surface area contributed by atoms with E-state index < -0.39 is 29.7 Å². The van der Waals surface area contributed by atoms with Crippen molar-refractivity contribution in [3.8, 4) is 0 Å². The van der Waals surface area contributed by atoms with Gasteiger partial charge < -0.3 is 20.5 Å². The number of fused-ring (bicyclic) bond motifs is 1. The van der Waals surface area contributed by atoms with Gasteiger partial charge in [-0.15, -0.1) is 0 Å². The summed E-state index contributed by atoms with van der Waals surface area (Å²) < 4.78 is 32.2. The highest BCUT2D eigenvalue weighted by atomic mass is 19.2. The summed E-state index contributed by atoms with van der Waals surface area (Å²) in [4.78, 5) is 28.6. The molecule has 4 N–H and O–H groups in total. The van der Waals surface area contributed by atoms with Crippen molar-refractivity contribution in [1.29, 1.82) is 0 Å². The normalized spacial score (nSPS) is 11.7. The molecule has 0 bridgehead atoms. The maximum atomic E-state index is 13.7. The summed E-state index contributed by atoms with van der Waals surface area (Å²) in [7, 11) is 0. The predicted molar refractivity (Wildman–Crippen MR) is 123 cm³/mol. The minimum Gasteiger partial charge on any atom is -0.447 e. The Hall–Kier alpha value is -3.63. The fourth-order valence-corrected chi connectivity index (χ4v) is 3.28. The molecule has 2 amide bonds. The molecule has 10 heteroatoms. The zero-order chi connectivity index (χ0) is 24.3. The molecule has 0 saturated heterocycles. The van der Waals surface area contributed by atoms with Crippen LogP contribution >= 0.6 is 0 Å². The van der Waals surface area contributed by atoms with Gasteiger partial charge in [0.25, 0.3) is 0 Å². The minimum atomic E-state index is -0.962. The van der Waals surface area contributed by atoms with Crippen molar-refractivity contribution in [3.63, 3.8) is 0 Å². The van der Waals surface area contributed by atoms with Gasteiger partial charge in [-0.05, 0) is 30.4 Å². The molecule has 0 aliphatic carbocycles. The number of hydrogen-bond donors (Lipinski definition) is 4. The van der Waals surface area contributed by atoms with Gasteiger partial charge in [0.2, 0.25) is 5.91 Å². The molecule has 0 fully saturated rings. The molecular weight excluding hydrogens is 446 g/mol. The molecular formula is C24H26F2N4O4. The van der Waals surface area contributed by atoms with Gasteiger partial charge in [0.05, 0.1) is 12.6 Å². The highest BCUT2D eigenvalue weighted by Crippen LogP contribution is 2.16.